The van der Waals surface area contributed by atoms with Gasteiger partial charge in [-0.25, -0.2) is 0 Å². The van der Waals surface area contributed by atoms with Crippen molar-refractivity contribution in [2.75, 3.05) is 30.3 Å². The van der Waals surface area contributed by atoms with Gasteiger partial charge in [0.2, 0.25) is 0 Å². The normalized spacial score (nSPS) is 16.6. The summed E-state index contributed by atoms with van der Waals surface area (Å²) >= 11 is 5.25. The highest BCUT2D eigenvalue weighted by molar-refractivity contribution is 9.10. The first-order chi connectivity index (χ1) is 8.18. The number of nitrogens with two attached hydrogens (primary N) is 1. The summed E-state index contributed by atoms with van der Waals surface area (Å²) in [4.78, 5) is 14.2. The van der Waals surface area contributed by atoms with Crippen LogP contribution in [0.5, 0.6) is 0 Å². The van der Waals surface area contributed by atoms with Crippen LogP contribution in [-0.2, 0) is 0 Å². The number of benzene rings is 1. The van der Waals surface area contributed by atoms with Crippen molar-refractivity contribution in [1.82, 2.24) is 4.90 Å². The second-order valence-corrected chi connectivity index (χ2v) is 6.07. The van der Waals surface area contributed by atoms with Crippen molar-refractivity contribution in [3.63, 3.8) is 0 Å². The van der Waals surface area contributed by atoms with Crippen molar-refractivity contribution < 1.29 is 4.79 Å². The molecule has 0 aliphatic carbocycles. The lowest BCUT2D eigenvalue weighted by Gasteiger charge is -2.20. The van der Waals surface area contributed by atoms with Gasteiger partial charge in [0.1, 0.15) is 0 Å². The number of amides is 1. The van der Waals surface area contributed by atoms with Crippen LogP contribution in [0.4, 0.5) is 5.69 Å². The van der Waals surface area contributed by atoms with Gasteiger partial charge < -0.3 is 10.6 Å². The van der Waals surface area contributed by atoms with Crippen LogP contribution in [0, 0.1) is 0 Å². The van der Waals surface area contributed by atoms with Gasteiger partial charge in [0, 0.05) is 34.6 Å². The highest BCUT2D eigenvalue weighted by Crippen LogP contribution is 2.21. The van der Waals surface area contributed by atoms with Crippen molar-refractivity contribution >= 4 is 39.3 Å². The van der Waals surface area contributed by atoms with Crippen LogP contribution in [0.2, 0.25) is 0 Å². The molecule has 0 unspecified atom stereocenters. The average molecular weight is 315 g/mol. The topological polar surface area (TPSA) is 46.3 Å². The number of anilines is 1. The molecular weight excluding hydrogens is 300 g/mol. The first kappa shape index (κ1) is 12.8. The zero-order valence-electron chi connectivity index (χ0n) is 9.49. The predicted molar refractivity (Wildman–Crippen MR) is 76.4 cm³/mol. The van der Waals surface area contributed by atoms with E-state index in [0.29, 0.717) is 11.3 Å². The van der Waals surface area contributed by atoms with Crippen LogP contribution in [0.3, 0.4) is 0 Å². The van der Waals surface area contributed by atoms with Gasteiger partial charge in [-0.1, -0.05) is 0 Å². The summed E-state index contributed by atoms with van der Waals surface area (Å²) in [5.74, 6) is 2.26. The van der Waals surface area contributed by atoms with E-state index in [0.717, 1.165) is 35.5 Å². The lowest BCUT2D eigenvalue weighted by Crippen LogP contribution is -2.32. The monoisotopic (exact) mass is 314 g/mol. The molecule has 92 valence electrons. The van der Waals surface area contributed by atoms with Gasteiger partial charge in [0.05, 0.1) is 0 Å². The number of halogens is 1. The summed E-state index contributed by atoms with van der Waals surface area (Å²) in [6.07, 6.45) is 1.07. The number of nitrogen functional groups attached to an aromatic ring is 1. The van der Waals surface area contributed by atoms with Crippen molar-refractivity contribution in [2.45, 2.75) is 6.42 Å². The van der Waals surface area contributed by atoms with Crippen LogP contribution < -0.4 is 5.73 Å². The molecule has 1 saturated heterocycles. The summed E-state index contributed by atoms with van der Waals surface area (Å²) in [7, 11) is 0. The van der Waals surface area contributed by atoms with Gasteiger partial charge in [-0.2, -0.15) is 11.8 Å². The zero-order chi connectivity index (χ0) is 12.3. The third kappa shape index (κ3) is 3.16. The van der Waals surface area contributed by atoms with Crippen LogP contribution in [0.25, 0.3) is 0 Å². The van der Waals surface area contributed by atoms with E-state index in [-0.39, 0.29) is 5.91 Å². The SMILES string of the molecule is Nc1cc(C(=O)N2CCCSCC2)ccc1Br. The lowest BCUT2D eigenvalue weighted by molar-refractivity contribution is 0.0768. The minimum Gasteiger partial charge on any atom is -0.398 e. The van der Waals surface area contributed by atoms with E-state index in [1.165, 1.54) is 0 Å². The third-order valence-electron chi connectivity index (χ3n) is 2.75. The molecule has 1 aliphatic rings. The smallest absolute Gasteiger partial charge is 0.253 e. The second-order valence-electron chi connectivity index (χ2n) is 3.99. The minimum atomic E-state index is 0.0895. The Labute approximate surface area is 114 Å². The second kappa shape index (κ2) is 5.78. The van der Waals surface area contributed by atoms with Gasteiger partial charge in [0.25, 0.3) is 5.91 Å². The van der Waals surface area contributed by atoms with E-state index >= 15 is 0 Å². The maximum atomic E-state index is 12.3. The minimum absolute atomic E-state index is 0.0895. The summed E-state index contributed by atoms with van der Waals surface area (Å²) in [6, 6.07) is 5.39. The van der Waals surface area contributed by atoms with Crippen LogP contribution in [0.1, 0.15) is 16.8 Å². The van der Waals surface area contributed by atoms with Crippen molar-refractivity contribution in [1.29, 1.82) is 0 Å². The van der Waals surface area contributed by atoms with Gasteiger partial charge in [0.15, 0.2) is 0 Å². The fraction of sp³-hybridized carbons (Fsp3) is 0.417. The van der Waals surface area contributed by atoms with E-state index in [9.17, 15) is 4.79 Å². The maximum Gasteiger partial charge on any atom is 0.253 e. The summed E-state index contributed by atoms with van der Waals surface area (Å²) in [5, 5.41) is 0. The van der Waals surface area contributed by atoms with E-state index in [2.05, 4.69) is 15.9 Å². The molecule has 0 spiro atoms. The quantitative estimate of drug-likeness (QED) is 0.810. The molecule has 1 aromatic carbocycles. The largest absolute Gasteiger partial charge is 0.398 e. The van der Waals surface area contributed by atoms with E-state index in [4.69, 9.17) is 5.73 Å². The number of carbonyl (C=O) groups excluding carboxylic acids is 1. The van der Waals surface area contributed by atoms with Crippen LogP contribution in [-0.4, -0.2) is 35.4 Å². The Morgan fingerprint density at radius 3 is 2.94 bits per heavy atom. The van der Waals surface area contributed by atoms with Gasteiger partial charge in [-0.3, -0.25) is 4.79 Å². The number of carbonyl (C=O) groups is 1. The van der Waals surface area contributed by atoms with E-state index in [1.54, 1.807) is 6.07 Å². The molecule has 1 aliphatic heterocycles. The fourth-order valence-electron chi connectivity index (χ4n) is 1.81. The number of hydrogen-bond acceptors (Lipinski definition) is 3. The molecule has 3 nitrogen and oxygen atoms in total. The first-order valence-corrected chi connectivity index (χ1v) is 7.55. The maximum absolute atomic E-state index is 12.3. The molecule has 0 saturated carbocycles. The number of rotatable bonds is 1. The fourth-order valence-corrected chi connectivity index (χ4v) is 2.94. The highest BCUT2D eigenvalue weighted by atomic mass is 79.9. The third-order valence-corrected chi connectivity index (χ3v) is 4.52. The Hall–Kier alpha value is -0.680. The molecule has 0 atom stereocenters. The van der Waals surface area contributed by atoms with Crippen LogP contribution in [0.15, 0.2) is 22.7 Å². The number of hydrogen-bond donors (Lipinski definition) is 1. The molecule has 17 heavy (non-hydrogen) atoms. The van der Waals surface area contributed by atoms with Crippen molar-refractivity contribution in [3.05, 3.63) is 28.2 Å². The van der Waals surface area contributed by atoms with Crippen molar-refractivity contribution in [2.24, 2.45) is 0 Å². The Bertz CT molecular complexity index is 417. The van der Waals surface area contributed by atoms with Gasteiger partial charge in [-0.15, -0.1) is 0 Å². The molecule has 0 bridgehead atoms. The predicted octanol–water partition coefficient (Wildman–Crippen LogP) is 2.61. The molecule has 5 heteroatoms. The molecule has 2 rings (SSSR count). The van der Waals surface area contributed by atoms with Gasteiger partial charge >= 0.3 is 0 Å². The number of thioether (sulfide) groups is 1. The number of nitrogens with zero attached hydrogens (tertiary/aromatic N) is 1. The Morgan fingerprint density at radius 1 is 1.35 bits per heavy atom. The molecular formula is C12H15BrN2OS. The Morgan fingerprint density at radius 2 is 2.18 bits per heavy atom. The standard InChI is InChI=1S/C12H15BrN2OS/c13-10-3-2-9(8-11(10)14)12(16)15-4-1-6-17-7-5-15/h2-3,8H,1,4-7,14H2. The Balaban J connectivity index is 2.14. The molecule has 1 fully saturated rings. The van der Waals surface area contributed by atoms with Crippen molar-refractivity contribution in [3.8, 4) is 0 Å². The van der Waals surface area contributed by atoms with Crippen LogP contribution >= 0.6 is 27.7 Å². The summed E-state index contributed by atoms with van der Waals surface area (Å²) < 4.78 is 0.834. The van der Waals surface area contributed by atoms with E-state index < -0.39 is 0 Å². The molecule has 1 heterocycles. The molecule has 1 aromatic rings. The molecule has 2 N–H and O–H groups in total. The average Bonchev–Trinajstić information content (AvgIpc) is 2.60. The highest BCUT2D eigenvalue weighted by Gasteiger charge is 2.17. The zero-order valence-corrected chi connectivity index (χ0v) is 11.9. The summed E-state index contributed by atoms with van der Waals surface area (Å²) in [6.45, 7) is 1.68. The van der Waals surface area contributed by atoms with Gasteiger partial charge in [-0.05, 0) is 46.3 Å². The molecule has 0 radical (unpaired) electrons. The molecule has 0 aromatic heterocycles. The van der Waals surface area contributed by atoms with E-state index in [1.807, 2.05) is 28.8 Å². The lowest BCUT2D eigenvalue weighted by atomic mass is 10.1. The Kier molecular flexibility index (Phi) is 4.34. The summed E-state index contributed by atoms with van der Waals surface area (Å²) in [5.41, 5.74) is 7.09. The first-order valence-electron chi connectivity index (χ1n) is 5.60. The molecule has 1 amide bonds.